The van der Waals surface area contributed by atoms with Crippen LogP contribution in [0.3, 0.4) is 0 Å². The first-order valence-corrected chi connectivity index (χ1v) is 4.63. The number of benzene rings is 1. The molecule has 0 aromatic heterocycles. The summed E-state index contributed by atoms with van der Waals surface area (Å²) in [6, 6.07) is 1.55. The van der Waals surface area contributed by atoms with Gasteiger partial charge in [-0.2, -0.15) is 0 Å². The Morgan fingerprint density at radius 1 is 1.25 bits per heavy atom. The molecular formula is C8H5BrF5NO. The summed E-state index contributed by atoms with van der Waals surface area (Å²) < 4.78 is 63.6. The van der Waals surface area contributed by atoms with Crippen molar-refractivity contribution in [1.82, 2.24) is 0 Å². The van der Waals surface area contributed by atoms with Crippen LogP contribution in [0.25, 0.3) is 0 Å². The number of hydrogen-bond acceptors (Lipinski definition) is 2. The van der Waals surface area contributed by atoms with Crippen molar-refractivity contribution in [3.05, 3.63) is 22.2 Å². The number of anilines is 1. The lowest BCUT2D eigenvalue weighted by atomic mass is 10.2. The average Bonchev–Trinajstić information content (AvgIpc) is 2.09. The van der Waals surface area contributed by atoms with Crippen molar-refractivity contribution in [2.24, 2.45) is 0 Å². The van der Waals surface area contributed by atoms with Crippen molar-refractivity contribution in [1.29, 1.82) is 0 Å². The van der Waals surface area contributed by atoms with Crippen LogP contribution >= 0.6 is 15.9 Å². The molecule has 0 aliphatic rings. The van der Waals surface area contributed by atoms with Gasteiger partial charge in [-0.3, -0.25) is 0 Å². The highest BCUT2D eigenvalue weighted by Crippen LogP contribution is 2.38. The molecule has 1 aromatic rings. The summed E-state index contributed by atoms with van der Waals surface area (Å²) in [4.78, 5) is 0. The van der Waals surface area contributed by atoms with E-state index in [1.54, 1.807) is 0 Å². The maximum absolute atomic E-state index is 12.3. The third kappa shape index (κ3) is 3.22. The van der Waals surface area contributed by atoms with Crippen molar-refractivity contribution >= 4 is 21.6 Å². The Kier molecular flexibility index (Phi) is 3.61. The SMILES string of the molecule is Nc1cc(C(F)F)cc(Br)c1OC(F)(F)F. The summed E-state index contributed by atoms with van der Waals surface area (Å²) in [5, 5.41) is 0. The van der Waals surface area contributed by atoms with Crippen LogP contribution in [0.1, 0.15) is 12.0 Å². The zero-order valence-corrected chi connectivity index (χ0v) is 9.07. The summed E-state index contributed by atoms with van der Waals surface area (Å²) in [6.45, 7) is 0. The van der Waals surface area contributed by atoms with Gasteiger partial charge in [-0.25, -0.2) is 8.78 Å². The van der Waals surface area contributed by atoms with Crippen molar-refractivity contribution in [2.45, 2.75) is 12.8 Å². The van der Waals surface area contributed by atoms with E-state index in [4.69, 9.17) is 5.73 Å². The molecule has 2 nitrogen and oxygen atoms in total. The minimum absolute atomic E-state index is 0.278. The molecular weight excluding hydrogens is 301 g/mol. The predicted octanol–water partition coefficient (Wildman–Crippen LogP) is 3.87. The molecule has 0 spiro atoms. The zero-order valence-electron chi connectivity index (χ0n) is 7.49. The van der Waals surface area contributed by atoms with Crippen LogP contribution in [-0.4, -0.2) is 6.36 Å². The number of rotatable bonds is 2. The topological polar surface area (TPSA) is 35.2 Å². The van der Waals surface area contributed by atoms with E-state index in [1.165, 1.54) is 0 Å². The molecule has 0 aliphatic heterocycles. The first-order chi connectivity index (χ1) is 7.20. The molecule has 0 atom stereocenters. The van der Waals surface area contributed by atoms with E-state index in [1.807, 2.05) is 0 Å². The second-order valence-electron chi connectivity index (χ2n) is 2.77. The Labute approximate surface area is 95.3 Å². The van der Waals surface area contributed by atoms with E-state index >= 15 is 0 Å². The molecule has 0 saturated carbocycles. The molecule has 0 saturated heterocycles. The second-order valence-corrected chi connectivity index (χ2v) is 3.62. The zero-order chi connectivity index (χ0) is 12.5. The van der Waals surface area contributed by atoms with Gasteiger partial charge in [-0.15, -0.1) is 13.2 Å². The lowest BCUT2D eigenvalue weighted by molar-refractivity contribution is -0.274. The van der Waals surface area contributed by atoms with Crippen LogP contribution in [0.5, 0.6) is 5.75 Å². The molecule has 0 amide bonds. The van der Waals surface area contributed by atoms with E-state index in [9.17, 15) is 22.0 Å². The van der Waals surface area contributed by atoms with Crippen molar-refractivity contribution in [3.63, 3.8) is 0 Å². The highest BCUT2D eigenvalue weighted by atomic mass is 79.9. The highest BCUT2D eigenvalue weighted by Gasteiger charge is 2.33. The first kappa shape index (κ1) is 13.0. The molecule has 1 aromatic carbocycles. The highest BCUT2D eigenvalue weighted by molar-refractivity contribution is 9.10. The fraction of sp³-hybridized carbons (Fsp3) is 0.250. The number of alkyl halides is 5. The number of halogens is 6. The third-order valence-corrected chi connectivity index (χ3v) is 2.15. The van der Waals surface area contributed by atoms with Crippen LogP contribution in [0.15, 0.2) is 16.6 Å². The smallest absolute Gasteiger partial charge is 0.402 e. The maximum Gasteiger partial charge on any atom is 0.573 e. The van der Waals surface area contributed by atoms with Crippen LogP contribution in [0, 0.1) is 0 Å². The number of nitrogens with two attached hydrogens (primary N) is 1. The first-order valence-electron chi connectivity index (χ1n) is 3.83. The van der Waals surface area contributed by atoms with Crippen molar-refractivity contribution < 1.29 is 26.7 Å². The van der Waals surface area contributed by atoms with Gasteiger partial charge in [0.1, 0.15) is 0 Å². The van der Waals surface area contributed by atoms with Gasteiger partial charge in [0, 0.05) is 5.56 Å². The van der Waals surface area contributed by atoms with Gasteiger partial charge in [0.2, 0.25) is 0 Å². The standard InChI is InChI=1S/C8H5BrF5NO/c9-4-1-3(7(10)11)2-5(15)6(4)16-8(12,13)14/h1-2,7H,15H2. The fourth-order valence-electron chi connectivity index (χ4n) is 0.986. The van der Waals surface area contributed by atoms with Gasteiger partial charge >= 0.3 is 6.36 Å². The normalized spacial score (nSPS) is 11.9. The molecule has 0 fully saturated rings. The Bertz CT molecular complexity index is 370. The van der Waals surface area contributed by atoms with E-state index in [0.717, 1.165) is 12.1 Å². The molecule has 90 valence electrons. The number of hydrogen-bond donors (Lipinski definition) is 1. The summed E-state index contributed by atoms with van der Waals surface area (Å²) in [5.74, 6) is -0.725. The van der Waals surface area contributed by atoms with Gasteiger partial charge in [0.25, 0.3) is 6.43 Å². The minimum Gasteiger partial charge on any atom is -0.402 e. The molecule has 8 heteroatoms. The van der Waals surface area contributed by atoms with E-state index in [-0.39, 0.29) is 4.47 Å². The molecule has 0 bridgehead atoms. The van der Waals surface area contributed by atoms with E-state index in [0.29, 0.717) is 0 Å². The van der Waals surface area contributed by atoms with E-state index in [2.05, 4.69) is 20.7 Å². The van der Waals surface area contributed by atoms with Gasteiger partial charge in [0.15, 0.2) is 5.75 Å². The Balaban J connectivity index is 3.13. The predicted molar refractivity (Wildman–Crippen MR) is 50.2 cm³/mol. The summed E-state index contributed by atoms with van der Waals surface area (Å²) in [6.07, 6.45) is -7.75. The van der Waals surface area contributed by atoms with Gasteiger partial charge < -0.3 is 10.5 Å². The molecule has 1 rings (SSSR count). The van der Waals surface area contributed by atoms with Gasteiger partial charge in [-0.1, -0.05) is 0 Å². The molecule has 0 radical (unpaired) electrons. The molecule has 0 heterocycles. The van der Waals surface area contributed by atoms with Gasteiger partial charge in [-0.05, 0) is 28.1 Å². The molecule has 0 unspecified atom stereocenters. The van der Waals surface area contributed by atoms with Gasteiger partial charge in [0.05, 0.1) is 10.2 Å². The molecule has 2 N–H and O–H groups in total. The number of ether oxygens (including phenoxy) is 1. The lowest BCUT2D eigenvalue weighted by Crippen LogP contribution is -2.18. The van der Waals surface area contributed by atoms with Crippen LogP contribution in [0.4, 0.5) is 27.6 Å². The third-order valence-electron chi connectivity index (χ3n) is 1.56. The quantitative estimate of drug-likeness (QED) is 0.665. The van der Waals surface area contributed by atoms with Crippen LogP contribution < -0.4 is 10.5 Å². The Morgan fingerprint density at radius 3 is 2.19 bits per heavy atom. The molecule has 16 heavy (non-hydrogen) atoms. The number of nitrogen functional groups attached to an aromatic ring is 1. The Morgan fingerprint density at radius 2 is 1.81 bits per heavy atom. The lowest BCUT2D eigenvalue weighted by Gasteiger charge is -2.14. The van der Waals surface area contributed by atoms with E-state index < -0.39 is 29.8 Å². The monoisotopic (exact) mass is 305 g/mol. The van der Waals surface area contributed by atoms with Crippen LogP contribution in [-0.2, 0) is 0 Å². The maximum atomic E-state index is 12.3. The summed E-state index contributed by atoms with van der Waals surface area (Å²) in [7, 11) is 0. The second kappa shape index (κ2) is 4.44. The fourth-order valence-corrected chi connectivity index (χ4v) is 1.56. The molecule has 0 aliphatic carbocycles. The van der Waals surface area contributed by atoms with Crippen molar-refractivity contribution in [3.8, 4) is 5.75 Å². The van der Waals surface area contributed by atoms with Crippen LogP contribution in [0.2, 0.25) is 0 Å². The summed E-state index contributed by atoms with van der Waals surface area (Å²) in [5.41, 5.74) is 4.18. The largest absolute Gasteiger partial charge is 0.573 e. The van der Waals surface area contributed by atoms with Crippen molar-refractivity contribution in [2.75, 3.05) is 5.73 Å². The average molecular weight is 306 g/mol. The minimum atomic E-state index is -4.93. The Hall–Kier alpha value is -1.05. The summed E-state index contributed by atoms with van der Waals surface area (Å²) >= 11 is 2.68.